The number of hydrogen-bond donors (Lipinski definition) is 0. The highest BCUT2D eigenvalue weighted by atomic mass is 35.7. The van der Waals surface area contributed by atoms with Gasteiger partial charge in [0.05, 0.1) is 20.3 Å². The zero-order valence-electron chi connectivity index (χ0n) is 14.1. The predicted molar refractivity (Wildman–Crippen MR) is 65.6 cm³/mol. The van der Waals surface area contributed by atoms with Gasteiger partial charge in [-0.2, -0.15) is 4.57 Å². The quantitative estimate of drug-likeness (QED) is 0.343. The SMILES string of the molecule is C[n+]1ccccc1-n1c[n+](C)c2ccccc21.[O-][Cl+3]([O-])([O-])[O-].[O-][Cl+3]([O-])([O-])[O-]. The summed E-state index contributed by atoms with van der Waals surface area (Å²) in [6.07, 6.45) is 4.17. The van der Waals surface area contributed by atoms with E-state index in [-0.39, 0.29) is 0 Å². The summed E-state index contributed by atoms with van der Waals surface area (Å²) in [5, 5.41) is 0. The van der Waals surface area contributed by atoms with Crippen molar-refractivity contribution in [1.29, 1.82) is 0 Å². The summed E-state index contributed by atoms with van der Waals surface area (Å²) in [5.74, 6) is 1.16. The zero-order chi connectivity index (χ0) is 20.8. The Bertz CT molecular complexity index is 853. The number of pyridine rings is 1. The summed E-state index contributed by atoms with van der Waals surface area (Å²) in [5.41, 5.74) is 2.45. The molecule has 13 heteroatoms. The first-order valence-electron chi connectivity index (χ1n) is 6.91. The standard InChI is InChI=1S/C14H15N3.2ClHO4/c1-15-10-6-5-9-14(15)17-11-16(2)12-7-3-4-8-13(12)17;2*2-1(3,4)5/h3-11H,1-2H3;2*(H,2,3,4,5)/q+2;;/p-2. The third-order valence-corrected chi connectivity index (χ3v) is 3.08. The maximum Gasteiger partial charge on any atom is 0.289 e. The fourth-order valence-corrected chi connectivity index (χ4v) is 2.21. The van der Waals surface area contributed by atoms with Crippen molar-refractivity contribution in [1.82, 2.24) is 4.57 Å². The number of fused-ring (bicyclic) bond motifs is 1. The Hall–Kier alpha value is -1.90. The number of para-hydroxylation sites is 2. The molecule has 0 atom stereocenters. The lowest BCUT2D eigenvalue weighted by molar-refractivity contribution is -2.00. The molecule has 0 unspecified atom stereocenters. The van der Waals surface area contributed by atoms with Crippen molar-refractivity contribution >= 4 is 11.0 Å². The smallest absolute Gasteiger partial charge is 0.236 e. The van der Waals surface area contributed by atoms with Crippen molar-refractivity contribution in [3.8, 4) is 5.82 Å². The maximum absolute atomic E-state index is 8.49. The van der Waals surface area contributed by atoms with Crippen LogP contribution >= 0.6 is 0 Å². The monoisotopic (exact) mass is 423 g/mol. The lowest BCUT2D eigenvalue weighted by Gasteiger charge is -2.17. The Morgan fingerprint density at radius 3 is 1.70 bits per heavy atom. The third-order valence-electron chi connectivity index (χ3n) is 3.08. The molecule has 2 heterocycles. The first-order valence-corrected chi connectivity index (χ1v) is 9.38. The maximum atomic E-state index is 8.49. The van der Waals surface area contributed by atoms with Gasteiger partial charge in [-0.15, -0.1) is 20.5 Å². The molecule has 2 aromatic heterocycles. The van der Waals surface area contributed by atoms with E-state index in [2.05, 4.69) is 76.7 Å². The number of hydrogen-bond acceptors (Lipinski definition) is 8. The Morgan fingerprint density at radius 2 is 1.19 bits per heavy atom. The molecular formula is C14H15Cl2N3O8. The number of halogens is 2. The molecule has 3 rings (SSSR count). The van der Waals surface area contributed by atoms with Crippen molar-refractivity contribution in [2.75, 3.05) is 0 Å². The van der Waals surface area contributed by atoms with E-state index >= 15 is 0 Å². The summed E-state index contributed by atoms with van der Waals surface area (Å²) in [7, 11) is -5.76. The molecule has 11 nitrogen and oxygen atoms in total. The number of imidazole rings is 1. The largest absolute Gasteiger partial charge is 0.289 e. The van der Waals surface area contributed by atoms with Crippen LogP contribution in [-0.4, -0.2) is 4.57 Å². The fourth-order valence-electron chi connectivity index (χ4n) is 2.21. The summed E-state index contributed by atoms with van der Waals surface area (Å²) in [4.78, 5) is 0. The van der Waals surface area contributed by atoms with E-state index in [1.54, 1.807) is 0 Å². The highest BCUT2D eigenvalue weighted by Crippen LogP contribution is 2.13. The zero-order valence-corrected chi connectivity index (χ0v) is 15.6. The van der Waals surface area contributed by atoms with Crippen molar-refractivity contribution in [2.24, 2.45) is 14.1 Å². The molecule has 0 fully saturated rings. The van der Waals surface area contributed by atoms with Gasteiger partial charge in [0.2, 0.25) is 0 Å². The van der Waals surface area contributed by atoms with Crippen molar-refractivity contribution in [2.45, 2.75) is 0 Å². The molecule has 1 aromatic carbocycles. The van der Waals surface area contributed by atoms with E-state index < -0.39 is 20.5 Å². The molecule has 0 aliphatic heterocycles. The van der Waals surface area contributed by atoms with E-state index in [1.807, 2.05) is 6.07 Å². The number of rotatable bonds is 1. The molecule has 148 valence electrons. The minimum Gasteiger partial charge on any atom is -0.236 e. The van der Waals surface area contributed by atoms with Gasteiger partial charge in [0, 0.05) is 6.07 Å². The van der Waals surface area contributed by atoms with Gasteiger partial charge in [-0.25, -0.2) is 46.4 Å². The van der Waals surface area contributed by atoms with Crippen LogP contribution in [-0.2, 0) is 14.1 Å². The topological polar surface area (TPSA) is 197 Å². The average Bonchev–Trinajstić information content (AvgIpc) is 2.82. The normalized spacial score (nSPS) is 11.3. The molecule has 0 amide bonds. The van der Waals surface area contributed by atoms with Crippen LogP contribution in [0.3, 0.4) is 0 Å². The number of aryl methyl sites for hydroxylation is 2. The van der Waals surface area contributed by atoms with E-state index in [1.165, 1.54) is 11.0 Å². The van der Waals surface area contributed by atoms with Gasteiger partial charge < -0.3 is 0 Å². The second-order valence-electron chi connectivity index (χ2n) is 5.01. The molecule has 0 aliphatic carbocycles. The highest BCUT2D eigenvalue weighted by molar-refractivity contribution is 5.73. The minimum absolute atomic E-state index is 1.16. The molecule has 27 heavy (non-hydrogen) atoms. The average molecular weight is 424 g/mol. The molecule has 0 spiro atoms. The molecule has 0 radical (unpaired) electrons. The lowest BCUT2D eigenvalue weighted by atomic mass is 10.3. The van der Waals surface area contributed by atoms with Gasteiger partial charge in [0.15, 0.2) is 11.0 Å². The lowest BCUT2D eigenvalue weighted by Crippen LogP contribution is -2.68. The Kier molecular flexibility index (Phi) is 8.01. The summed E-state index contributed by atoms with van der Waals surface area (Å²) >= 11 is 0. The van der Waals surface area contributed by atoms with E-state index in [0.717, 1.165) is 5.82 Å². The molecule has 0 saturated carbocycles. The molecule has 0 saturated heterocycles. The summed E-state index contributed by atoms with van der Waals surface area (Å²) < 4.78 is 74.4. The molecule has 0 N–H and O–H groups in total. The van der Waals surface area contributed by atoms with Gasteiger partial charge in [-0.1, -0.05) is 18.2 Å². The van der Waals surface area contributed by atoms with E-state index in [4.69, 9.17) is 37.3 Å². The van der Waals surface area contributed by atoms with Crippen molar-refractivity contribution < 1.29 is 66.9 Å². The Morgan fingerprint density at radius 1 is 0.704 bits per heavy atom. The van der Waals surface area contributed by atoms with Crippen LogP contribution in [0.4, 0.5) is 0 Å². The fraction of sp³-hybridized carbons (Fsp3) is 0.143. The van der Waals surface area contributed by atoms with Crippen LogP contribution in [0, 0.1) is 20.5 Å². The molecular weight excluding hydrogens is 409 g/mol. The van der Waals surface area contributed by atoms with Gasteiger partial charge in [-0.3, -0.25) is 0 Å². The van der Waals surface area contributed by atoms with Gasteiger partial charge >= 0.3 is 0 Å². The number of aromatic nitrogens is 3. The van der Waals surface area contributed by atoms with Gasteiger partial charge in [0.25, 0.3) is 12.1 Å². The second-order valence-corrected chi connectivity index (χ2v) is 6.52. The van der Waals surface area contributed by atoms with Crippen molar-refractivity contribution in [3.05, 3.63) is 55.0 Å². The molecule has 3 aromatic rings. The molecule has 0 bridgehead atoms. The van der Waals surface area contributed by atoms with Crippen LogP contribution in [0.15, 0.2) is 55.0 Å². The van der Waals surface area contributed by atoms with Gasteiger partial charge in [-0.05, 0) is 18.2 Å². The van der Waals surface area contributed by atoms with E-state index in [0.29, 0.717) is 0 Å². The highest BCUT2D eigenvalue weighted by Gasteiger charge is 2.17. The third kappa shape index (κ3) is 9.03. The van der Waals surface area contributed by atoms with Crippen LogP contribution in [0.25, 0.3) is 16.9 Å². The Labute approximate surface area is 157 Å². The Balaban J connectivity index is 0.000000306. The van der Waals surface area contributed by atoms with Crippen LogP contribution < -0.4 is 46.4 Å². The predicted octanol–water partition coefficient (Wildman–Crippen LogP) is -8.23. The van der Waals surface area contributed by atoms with Gasteiger partial charge in [0.1, 0.15) is 0 Å². The first-order chi connectivity index (χ1) is 12.3. The van der Waals surface area contributed by atoms with Crippen molar-refractivity contribution in [3.63, 3.8) is 0 Å². The summed E-state index contributed by atoms with van der Waals surface area (Å²) in [6.45, 7) is 0. The number of nitrogens with zero attached hydrogens (tertiary/aromatic N) is 3. The van der Waals surface area contributed by atoms with Crippen LogP contribution in [0.5, 0.6) is 0 Å². The first kappa shape index (κ1) is 23.1. The second kappa shape index (κ2) is 9.34. The van der Waals surface area contributed by atoms with E-state index in [9.17, 15) is 0 Å². The van der Waals surface area contributed by atoms with Crippen LogP contribution in [0.1, 0.15) is 0 Å². The van der Waals surface area contributed by atoms with Crippen LogP contribution in [0.2, 0.25) is 0 Å². The number of benzene rings is 1. The summed E-state index contributed by atoms with van der Waals surface area (Å²) in [6, 6.07) is 14.6. The molecule has 0 aliphatic rings. The minimum atomic E-state index is -4.94.